The molecule has 0 saturated carbocycles. The Morgan fingerprint density at radius 2 is 2.50 bits per heavy atom. The van der Waals surface area contributed by atoms with Crippen molar-refractivity contribution in [1.29, 1.82) is 5.26 Å². The zero-order valence-electron chi connectivity index (χ0n) is 5.37. The van der Waals surface area contributed by atoms with Crippen molar-refractivity contribution in [3.8, 4) is 6.07 Å². The van der Waals surface area contributed by atoms with Crippen LogP contribution in [-0.4, -0.2) is 17.1 Å². The van der Waals surface area contributed by atoms with Crippen molar-refractivity contribution in [2.45, 2.75) is 13.3 Å². The zero-order chi connectivity index (χ0) is 7.98. The van der Waals surface area contributed by atoms with Crippen LogP contribution in [0.15, 0.2) is 5.16 Å². The predicted octanol–water partition coefficient (Wildman–Crippen LogP) is 0.251. The molecule has 0 aliphatic heterocycles. The minimum atomic E-state index is -0.608. The molecule has 0 aromatic heterocycles. The minimum absolute atomic E-state index is 0.212. The van der Waals surface area contributed by atoms with E-state index >= 15 is 0 Å². The van der Waals surface area contributed by atoms with E-state index in [1.54, 1.807) is 6.07 Å². The number of hydrogen-bond donors (Lipinski definition) is 1. The molecule has 5 heteroatoms. The van der Waals surface area contributed by atoms with Gasteiger partial charge in [-0.2, -0.15) is 5.26 Å². The van der Waals surface area contributed by atoms with Gasteiger partial charge in [0, 0.05) is 6.92 Å². The molecule has 0 fully saturated rings. The van der Waals surface area contributed by atoms with Crippen LogP contribution in [0.4, 0.5) is 0 Å². The van der Waals surface area contributed by atoms with Gasteiger partial charge in [0.2, 0.25) is 5.90 Å². The molecule has 0 rings (SSSR count). The minimum Gasteiger partial charge on any atom is -0.408 e. The van der Waals surface area contributed by atoms with Gasteiger partial charge in [-0.15, -0.1) is 0 Å². The molecule has 10 heavy (non-hydrogen) atoms. The molecule has 0 spiro atoms. The highest BCUT2D eigenvalue weighted by Crippen LogP contribution is 1.87. The molecule has 5 nitrogen and oxygen atoms in total. The quantitative estimate of drug-likeness (QED) is 0.187. The highest BCUT2D eigenvalue weighted by Gasteiger charge is 2.02. The van der Waals surface area contributed by atoms with Gasteiger partial charge in [0.1, 0.15) is 6.42 Å². The van der Waals surface area contributed by atoms with E-state index in [4.69, 9.17) is 10.5 Å². The van der Waals surface area contributed by atoms with Gasteiger partial charge in [-0.3, -0.25) is 4.79 Å². The number of oxime groups is 1. The Morgan fingerprint density at radius 1 is 1.90 bits per heavy atom. The van der Waals surface area contributed by atoms with E-state index < -0.39 is 5.97 Å². The second kappa shape index (κ2) is 4.32. The molecule has 0 aliphatic rings. The van der Waals surface area contributed by atoms with Crippen molar-refractivity contribution in [3.05, 3.63) is 0 Å². The van der Waals surface area contributed by atoms with Crippen molar-refractivity contribution < 1.29 is 14.7 Å². The van der Waals surface area contributed by atoms with Gasteiger partial charge in [-0.25, -0.2) is 0 Å². The summed E-state index contributed by atoms with van der Waals surface area (Å²) >= 11 is 0. The summed E-state index contributed by atoms with van der Waals surface area (Å²) in [6.45, 7) is 1.16. The van der Waals surface area contributed by atoms with Crippen LogP contribution in [0.2, 0.25) is 0 Å². The van der Waals surface area contributed by atoms with Crippen LogP contribution in [0.5, 0.6) is 0 Å². The van der Waals surface area contributed by atoms with Crippen molar-refractivity contribution in [2.75, 3.05) is 0 Å². The molecule has 0 bridgehead atoms. The number of carbonyl (C=O) groups excluding carboxylic acids is 1. The van der Waals surface area contributed by atoms with E-state index in [1.165, 1.54) is 0 Å². The molecule has 0 atom stereocenters. The van der Waals surface area contributed by atoms with Gasteiger partial charge < -0.3 is 9.94 Å². The highest BCUT2D eigenvalue weighted by atomic mass is 16.6. The molecule has 54 valence electrons. The summed E-state index contributed by atoms with van der Waals surface area (Å²) < 4.78 is 4.28. The molecule has 0 amide bonds. The third kappa shape index (κ3) is 3.43. The van der Waals surface area contributed by atoms with E-state index in [0.29, 0.717) is 0 Å². The van der Waals surface area contributed by atoms with Crippen molar-refractivity contribution >= 4 is 11.9 Å². The second-order valence-electron chi connectivity index (χ2n) is 1.42. The Labute approximate surface area is 57.5 Å². The number of esters is 1. The van der Waals surface area contributed by atoms with E-state index in [9.17, 15) is 4.79 Å². The lowest BCUT2D eigenvalue weighted by molar-refractivity contribution is -0.133. The monoisotopic (exact) mass is 142 g/mol. The van der Waals surface area contributed by atoms with Crippen LogP contribution in [0.3, 0.4) is 0 Å². The molecule has 1 N–H and O–H groups in total. The molecular formula is C5H6N2O3. The normalized spacial score (nSPS) is 10.2. The summed E-state index contributed by atoms with van der Waals surface area (Å²) in [7, 11) is 0. The molecular weight excluding hydrogens is 136 g/mol. The Bertz CT molecular complexity index is 192. The maximum absolute atomic E-state index is 10.2. The highest BCUT2D eigenvalue weighted by molar-refractivity contribution is 5.88. The average molecular weight is 142 g/mol. The molecule has 0 unspecified atom stereocenters. The van der Waals surface area contributed by atoms with Gasteiger partial charge in [-0.1, -0.05) is 5.16 Å². The summed E-state index contributed by atoms with van der Waals surface area (Å²) in [5.41, 5.74) is 0. The summed E-state index contributed by atoms with van der Waals surface area (Å²) in [6, 6.07) is 1.66. The van der Waals surface area contributed by atoms with Crippen molar-refractivity contribution in [2.24, 2.45) is 5.16 Å². The van der Waals surface area contributed by atoms with Crippen LogP contribution in [0, 0.1) is 11.3 Å². The third-order valence-corrected chi connectivity index (χ3v) is 0.603. The van der Waals surface area contributed by atoms with E-state index in [1.807, 2.05) is 0 Å². The number of hydrogen-bond acceptors (Lipinski definition) is 5. The maximum atomic E-state index is 10.2. The first-order chi connectivity index (χ1) is 4.70. The predicted molar refractivity (Wildman–Crippen MR) is 31.2 cm³/mol. The van der Waals surface area contributed by atoms with Gasteiger partial charge in [0.15, 0.2) is 0 Å². The maximum Gasteiger partial charge on any atom is 0.309 e. The lowest BCUT2D eigenvalue weighted by atomic mass is 10.5. The van der Waals surface area contributed by atoms with Crippen LogP contribution in [0.25, 0.3) is 0 Å². The first-order valence-electron chi connectivity index (χ1n) is 2.47. The standard InChI is InChI=1S/C5H6N2O3/c1-4(8)10-5(7-9)2-3-6/h9H,2H2,1H3. The first kappa shape index (κ1) is 8.43. The summed E-state index contributed by atoms with van der Waals surface area (Å²) in [6.07, 6.45) is -0.212. The molecule has 0 aromatic rings. The fraction of sp³-hybridized carbons (Fsp3) is 0.400. The van der Waals surface area contributed by atoms with Crippen molar-refractivity contribution in [3.63, 3.8) is 0 Å². The van der Waals surface area contributed by atoms with Gasteiger partial charge in [-0.05, 0) is 0 Å². The van der Waals surface area contributed by atoms with Gasteiger partial charge >= 0.3 is 5.97 Å². The Balaban J connectivity index is 3.88. The Hall–Kier alpha value is -1.57. The largest absolute Gasteiger partial charge is 0.408 e. The van der Waals surface area contributed by atoms with Crippen LogP contribution < -0.4 is 0 Å². The van der Waals surface area contributed by atoms with Crippen LogP contribution in [-0.2, 0) is 9.53 Å². The number of rotatable bonds is 1. The van der Waals surface area contributed by atoms with Gasteiger partial charge in [0.25, 0.3) is 0 Å². The van der Waals surface area contributed by atoms with E-state index in [-0.39, 0.29) is 12.3 Å². The lowest BCUT2D eigenvalue weighted by Crippen LogP contribution is -2.08. The SMILES string of the molecule is CC(=O)OC(CC#N)=NO. The first-order valence-corrected chi connectivity index (χ1v) is 2.47. The Kier molecular flexibility index (Phi) is 3.64. The summed E-state index contributed by atoms with van der Waals surface area (Å²) in [5, 5.41) is 18.7. The zero-order valence-corrected chi connectivity index (χ0v) is 5.37. The molecule has 0 aromatic carbocycles. The number of nitriles is 1. The summed E-state index contributed by atoms with van der Waals surface area (Å²) in [5.74, 6) is -0.891. The average Bonchev–Trinajstić information content (AvgIpc) is 1.86. The fourth-order valence-corrected chi connectivity index (χ4v) is 0.325. The van der Waals surface area contributed by atoms with Crippen LogP contribution >= 0.6 is 0 Å². The van der Waals surface area contributed by atoms with Crippen molar-refractivity contribution in [1.82, 2.24) is 0 Å². The number of nitrogens with zero attached hydrogens (tertiary/aromatic N) is 2. The molecule has 0 aliphatic carbocycles. The topological polar surface area (TPSA) is 82.7 Å². The van der Waals surface area contributed by atoms with E-state index in [0.717, 1.165) is 6.92 Å². The lowest BCUT2D eigenvalue weighted by Gasteiger charge is -1.96. The molecule has 0 heterocycles. The Morgan fingerprint density at radius 3 is 2.80 bits per heavy atom. The number of carbonyl (C=O) groups is 1. The van der Waals surface area contributed by atoms with Gasteiger partial charge in [0.05, 0.1) is 6.07 Å². The van der Waals surface area contributed by atoms with Crippen LogP contribution in [0.1, 0.15) is 13.3 Å². The van der Waals surface area contributed by atoms with E-state index in [2.05, 4.69) is 9.89 Å². The second-order valence-corrected chi connectivity index (χ2v) is 1.42. The molecule has 0 saturated heterocycles. The molecule has 0 radical (unpaired) electrons. The number of ether oxygens (including phenoxy) is 1. The fourth-order valence-electron chi connectivity index (χ4n) is 0.325. The third-order valence-electron chi connectivity index (χ3n) is 0.603. The smallest absolute Gasteiger partial charge is 0.309 e. The summed E-state index contributed by atoms with van der Waals surface area (Å²) in [4.78, 5) is 10.2.